The second-order valence-corrected chi connectivity index (χ2v) is 8.75. The topological polar surface area (TPSA) is 74.8 Å². The van der Waals surface area contributed by atoms with Crippen molar-refractivity contribution >= 4 is 50.5 Å². The van der Waals surface area contributed by atoms with Crippen molar-refractivity contribution in [1.82, 2.24) is 4.90 Å². The minimum Gasteiger partial charge on any atom is -0.340 e. The predicted molar refractivity (Wildman–Crippen MR) is 94.3 cm³/mol. The fraction of sp³-hybridized carbons (Fsp3) is 0.467. The standard InChI is InChI=1S/C15H18Cl2N2O4S/c1-10(20)19(13-5-3-4-12(16)15(13)17)8-14(21)18(2)11-6-7-24(22,23)9-11/h3-5,11H,6-9H2,1-2H3. The van der Waals surface area contributed by atoms with Crippen molar-refractivity contribution in [3.8, 4) is 0 Å². The first kappa shape index (κ1) is 19.0. The lowest BCUT2D eigenvalue weighted by Gasteiger charge is -2.28. The fourth-order valence-electron chi connectivity index (χ4n) is 2.60. The highest BCUT2D eigenvalue weighted by Crippen LogP contribution is 2.32. The van der Waals surface area contributed by atoms with Crippen molar-refractivity contribution in [3.63, 3.8) is 0 Å². The molecular weight excluding hydrogens is 375 g/mol. The Balaban J connectivity index is 2.17. The Morgan fingerprint density at radius 3 is 2.50 bits per heavy atom. The third-order valence-corrected chi connectivity index (χ3v) is 6.60. The van der Waals surface area contributed by atoms with Crippen molar-refractivity contribution in [2.24, 2.45) is 0 Å². The number of hydrogen-bond acceptors (Lipinski definition) is 4. The van der Waals surface area contributed by atoms with E-state index in [1.54, 1.807) is 25.2 Å². The molecule has 132 valence electrons. The van der Waals surface area contributed by atoms with Crippen molar-refractivity contribution < 1.29 is 18.0 Å². The van der Waals surface area contributed by atoms with Gasteiger partial charge in [-0.25, -0.2) is 8.42 Å². The Kier molecular flexibility index (Phi) is 5.78. The molecule has 1 unspecified atom stereocenters. The number of hydrogen-bond donors (Lipinski definition) is 0. The summed E-state index contributed by atoms with van der Waals surface area (Å²) in [4.78, 5) is 27.1. The molecule has 0 aromatic heterocycles. The number of benzene rings is 1. The normalized spacial score (nSPS) is 19.1. The van der Waals surface area contributed by atoms with E-state index in [0.717, 1.165) is 0 Å². The molecule has 1 saturated heterocycles. The van der Waals surface area contributed by atoms with Gasteiger partial charge < -0.3 is 9.80 Å². The monoisotopic (exact) mass is 392 g/mol. The third kappa shape index (κ3) is 4.20. The van der Waals surface area contributed by atoms with E-state index in [0.29, 0.717) is 12.1 Å². The first-order valence-corrected chi connectivity index (χ1v) is 9.88. The van der Waals surface area contributed by atoms with E-state index < -0.39 is 9.84 Å². The van der Waals surface area contributed by atoms with Gasteiger partial charge >= 0.3 is 0 Å². The first-order valence-electron chi connectivity index (χ1n) is 7.30. The number of sulfone groups is 1. The number of nitrogens with zero attached hydrogens (tertiary/aromatic N) is 2. The Morgan fingerprint density at radius 1 is 1.29 bits per heavy atom. The van der Waals surface area contributed by atoms with E-state index in [4.69, 9.17) is 23.2 Å². The molecule has 24 heavy (non-hydrogen) atoms. The number of likely N-dealkylation sites (N-methyl/N-ethyl adjacent to an activating group) is 1. The molecule has 0 aliphatic carbocycles. The molecule has 1 aromatic carbocycles. The maximum absolute atomic E-state index is 12.5. The molecule has 2 amide bonds. The van der Waals surface area contributed by atoms with E-state index in [1.807, 2.05) is 0 Å². The molecule has 0 saturated carbocycles. The molecule has 1 aliphatic rings. The molecule has 6 nitrogen and oxygen atoms in total. The van der Waals surface area contributed by atoms with Gasteiger partial charge in [-0.3, -0.25) is 9.59 Å². The zero-order valence-corrected chi connectivity index (χ0v) is 15.7. The average molecular weight is 393 g/mol. The molecule has 0 N–H and O–H groups in total. The largest absolute Gasteiger partial charge is 0.340 e. The number of anilines is 1. The molecular formula is C15H18Cl2N2O4S. The molecule has 1 aromatic rings. The van der Waals surface area contributed by atoms with E-state index in [9.17, 15) is 18.0 Å². The van der Waals surface area contributed by atoms with Gasteiger partial charge in [-0.1, -0.05) is 29.3 Å². The van der Waals surface area contributed by atoms with E-state index in [-0.39, 0.29) is 46.0 Å². The van der Waals surface area contributed by atoms with Crippen LogP contribution in [0.4, 0.5) is 5.69 Å². The maximum atomic E-state index is 12.5. The van der Waals surface area contributed by atoms with Gasteiger partial charge in [0, 0.05) is 20.0 Å². The fourth-order valence-corrected chi connectivity index (χ4v) is 4.77. The van der Waals surface area contributed by atoms with Gasteiger partial charge in [0.2, 0.25) is 11.8 Å². The van der Waals surface area contributed by atoms with Crippen LogP contribution < -0.4 is 4.90 Å². The van der Waals surface area contributed by atoms with Crippen molar-refractivity contribution in [1.29, 1.82) is 0 Å². The van der Waals surface area contributed by atoms with Crippen LogP contribution in [0.1, 0.15) is 13.3 Å². The van der Waals surface area contributed by atoms with E-state index in [1.165, 1.54) is 16.7 Å². The Hall–Kier alpha value is -1.31. The van der Waals surface area contributed by atoms with E-state index in [2.05, 4.69) is 0 Å². The summed E-state index contributed by atoms with van der Waals surface area (Å²) in [5.41, 5.74) is 0.345. The lowest BCUT2D eigenvalue weighted by atomic mass is 10.2. The van der Waals surface area contributed by atoms with Crippen LogP contribution in [0.5, 0.6) is 0 Å². The zero-order valence-electron chi connectivity index (χ0n) is 13.3. The molecule has 0 spiro atoms. The highest BCUT2D eigenvalue weighted by atomic mass is 35.5. The SMILES string of the molecule is CC(=O)N(CC(=O)N(C)C1CCS(=O)(=O)C1)c1cccc(Cl)c1Cl. The van der Waals surface area contributed by atoms with Crippen LogP contribution in [0.15, 0.2) is 18.2 Å². The number of carbonyl (C=O) groups excluding carboxylic acids is 2. The van der Waals surface area contributed by atoms with Crippen LogP contribution in [-0.2, 0) is 19.4 Å². The van der Waals surface area contributed by atoms with Crippen LogP contribution in [0.25, 0.3) is 0 Å². The van der Waals surface area contributed by atoms with Crippen molar-refractivity contribution in [3.05, 3.63) is 28.2 Å². The highest BCUT2D eigenvalue weighted by Gasteiger charge is 2.33. The maximum Gasteiger partial charge on any atom is 0.242 e. The summed E-state index contributed by atoms with van der Waals surface area (Å²) in [6.45, 7) is 1.09. The molecule has 0 bridgehead atoms. The molecule has 1 aliphatic heterocycles. The van der Waals surface area contributed by atoms with E-state index >= 15 is 0 Å². The van der Waals surface area contributed by atoms with Crippen LogP contribution >= 0.6 is 23.2 Å². The minimum absolute atomic E-state index is 0.0484. The van der Waals surface area contributed by atoms with Gasteiger partial charge in [0.15, 0.2) is 9.84 Å². The summed E-state index contributed by atoms with van der Waals surface area (Å²) in [7, 11) is -1.55. The molecule has 9 heteroatoms. The summed E-state index contributed by atoms with van der Waals surface area (Å²) < 4.78 is 23.1. The van der Waals surface area contributed by atoms with Gasteiger partial charge in [0.1, 0.15) is 6.54 Å². The number of carbonyl (C=O) groups is 2. The molecule has 1 atom stereocenters. The smallest absolute Gasteiger partial charge is 0.242 e. The lowest BCUT2D eigenvalue weighted by molar-refractivity contribution is -0.131. The average Bonchev–Trinajstić information content (AvgIpc) is 2.87. The number of halogens is 2. The second kappa shape index (κ2) is 7.29. The van der Waals surface area contributed by atoms with Crippen LogP contribution in [0.2, 0.25) is 10.0 Å². The molecule has 2 rings (SSSR count). The lowest BCUT2D eigenvalue weighted by Crippen LogP contribution is -2.45. The Bertz CT molecular complexity index is 767. The quantitative estimate of drug-likeness (QED) is 0.784. The Morgan fingerprint density at radius 2 is 1.96 bits per heavy atom. The Labute approximate surface area is 151 Å². The molecule has 1 fully saturated rings. The first-order chi connectivity index (χ1) is 11.1. The highest BCUT2D eigenvalue weighted by molar-refractivity contribution is 7.91. The second-order valence-electron chi connectivity index (χ2n) is 5.74. The van der Waals surface area contributed by atoms with Crippen LogP contribution in [0.3, 0.4) is 0 Å². The summed E-state index contributed by atoms with van der Waals surface area (Å²) in [6, 6.07) is 4.45. The number of amides is 2. The molecule has 1 heterocycles. The van der Waals surface area contributed by atoms with Crippen LogP contribution in [-0.4, -0.2) is 56.3 Å². The van der Waals surface area contributed by atoms with Gasteiger partial charge in [0.25, 0.3) is 0 Å². The van der Waals surface area contributed by atoms with Crippen LogP contribution in [0, 0.1) is 0 Å². The summed E-state index contributed by atoms with van der Waals surface area (Å²) in [5, 5.41) is 0.469. The minimum atomic E-state index is -3.10. The van der Waals surface area contributed by atoms with Gasteiger partial charge in [-0.2, -0.15) is 0 Å². The summed E-state index contributed by atoms with van der Waals surface area (Å²) in [6.07, 6.45) is 0.405. The molecule has 0 radical (unpaired) electrons. The van der Waals surface area contributed by atoms with Gasteiger partial charge in [-0.05, 0) is 18.6 Å². The van der Waals surface area contributed by atoms with Crippen molar-refractivity contribution in [2.75, 3.05) is 30.0 Å². The zero-order chi connectivity index (χ0) is 18.1. The summed E-state index contributed by atoms with van der Waals surface area (Å²) in [5.74, 6) is -0.692. The van der Waals surface area contributed by atoms with Crippen molar-refractivity contribution in [2.45, 2.75) is 19.4 Å². The van der Waals surface area contributed by atoms with Gasteiger partial charge in [0.05, 0.1) is 27.2 Å². The summed E-state index contributed by atoms with van der Waals surface area (Å²) >= 11 is 12.1. The number of rotatable bonds is 4. The predicted octanol–water partition coefficient (Wildman–Crippen LogP) is 1.99. The third-order valence-electron chi connectivity index (χ3n) is 4.05. The van der Waals surface area contributed by atoms with Gasteiger partial charge in [-0.15, -0.1) is 0 Å².